The van der Waals surface area contributed by atoms with Crippen LogP contribution in [0.15, 0.2) is 30.3 Å². The summed E-state index contributed by atoms with van der Waals surface area (Å²) in [6.45, 7) is 9.32. The fourth-order valence-electron chi connectivity index (χ4n) is 6.88. The minimum Gasteiger partial charge on any atom is -0.481 e. The van der Waals surface area contributed by atoms with Crippen molar-refractivity contribution in [1.82, 2.24) is 4.90 Å². The van der Waals surface area contributed by atoms with Gasteiger partial charge in [-0.2, -0.15) is 0 Å². The number of hydrogen-bond donors (Lipinski definition) is 1. The third-order valence-electron chi connectivity index (χ3n) is 8.96. The zero-order chi connectivity index (χ0) is 29.1. The van der Waals surface area contributed by atoms with Gasteiger partial charge in [0.2, 0.25) is 12.7 Å². The quantitative estimate of drug-likeness (QED) is 0.580. The van der Waals surface area contributed by atoms with Gasteiger partial charge in [0.25, 0.3) is 5.91 Å². The molecule has 218 valence electrons. The number of carbonyl (C=O) groups is 3. The Morgan fingerprint density at radius 3 is 2.51 bits per heavy atom. The van der Waals surface area contributed by atoms with E-state index in [-0.39, 0.29) is 36.5 Å². The maximum atomic E-state index is 14.5. The predicted octanol–water partition coefficient (Wildman–Crippen LogP) is 4.62. The highest BCUT2D eigenvalue weighted by molar-refractivity contribution is 6.02. The first-order valence-electron chi connectivity index (χ1n) is 14.5. The molecule has 41 heavy (non-hydrogen) atoms. The lowest BCUT2D eigenvalue weighted by Gasteiger charge is -2.45. The number of carboxylic acids is 1. The summed E-state index contributed by atoms with van der Waals surface area (Å²) in [6.07, 6.45) is 0.685. The zero-order valence-electron chi connectivity index (χ0n) is 24.1. The molecular formula is C32H38N2O7. The number of amides is 2. The molecule has 1 fully saturated rings. The number of nitrogens with zero attached hydrogens (tertiary/aromatic N) is 2. The Morgan fingerprint density at radius 1 is 1.05 bits per heavy atom. The number of carboxylic acid groups (broad SMARTS) is 1. The number of likely N-dealkylation sites (tertiary alicyclic amines) is 1. The summed E-state index contributed by atoms with van der Waals surface area (Å²) >= 11 is 0. The van der Waals surface area contributed by atoms with Gasteiger partial charge in [0.05, 0.1) is 18.0 Å². The van der Waals surface area contributed by atoms with Gasteiger partial charge in [-0.15, -0.1) is 0 Å². The Balaban J connectivity index is 1.43. The van der Waals surface area contributed by atoms with E-state index < -0.39 is 24.1 Å². The minimum absolute atomic E-state index is 0.0729. The van der Waals surface area contributed by atoms with Crippen LogP contribution in [0.2, 0.25) is 0 Å². The van der Waals surface area contributed by atoms with Crippen molar-refractivity contribution >= 4 is 23.5 Å². The molecule has 3 atom stereocenters. The van der Waals surface area contributed by atoms with Crippen LogP contribution in [-0.2, 0) is 25.5 Å². The van der Waals surface area contributed by atoms with E-state index in [1.165, 1.54) is 0 Å². The lowest BCUT2D eigenvalue weighted by molar-refractivity contribution is -0.148. The number of aryl methyl sites for hydroxylation is 2. The number of fused-ring (bicyclic) bond motifs is 1. The maximum Gasteiger partial charge on any atom is 0.306 e. The molecule has 0 spiro atoms. The van der Waals surface area contributed by atoms with E-state index in [1.54, 1.807) is 4.90 Å². The van der Waals surface area contributed by atoms with Crippen molar-refractivity contribution in [3.63, 3.8) is 0 Å². The molecule has 9 heteroatoms. The van der Waals surface area contributed by atoms with Crippen molar-refractivity contribution in [3.8, 4) is 11.5 Å². The number of hydrogen-bond acceptors (Lipinski definition) is 6. The summed E-state index contributed by atoms with van der Waals surface area (Å²) in [4.78, 5) is 43.2. The number of aliphatic carboxylic acids is 1. The Kier molecular flexibility index (Phi) is 6.96. The highest BCUT2D eigenvalue weighted by Gasteiger charge is 2.47. The van der Waals surface area contributed by atoms with Gasteiger partial charge in [-0.05, 0) is 49.7 Å². The number of carbonyl (C=O) groups excluding carboxylic acids is 2. The topological polar surface area (TPSA) is 106 Å². The zero-order valence-corrected chi connectivity index (χ0v) is 24.1. The summed E-state index contributed by atoms with van der Waals surface area (Å²) in [7, 11) is 0. The SMILES string of the molecule is Cc1cc2c3c(c1)[C@@H](c1cccc4c1OCO4)O[C@H](CC(=O)N1CCC(C(=O)O)CC1)C(=O)N3[C@H](C(C)(C)C)CC2. The van der Waals surface area contributed by atoms with Gasteiger partial charge in [0, 0.05) is 30.3 Å². The molecule has 0 aromatic heterocycles. The van der Waals surface area contributed by atoms with Crippen molar-refractivity contribution in [1.29, 1.82) is 0 Å². The summed E-state index contributed by atoms with van der Waals surface area (Å²) in [5.74, 6) is -0.462. The number of anilines is 1. The second kappa shape index (κ2) is 10.4. The lowest BCUT2D eigenvalue weighted by Crippen LogP contribution is -2.54. The number of benzene rings is 2. The first-order valence-corrected chi connectivity index (χ1v) is 14.5. The summed E-state index contributed by atoms with van der Waals surface area (Å²) in [5, 5.41) is 9.38. The molecule has 0 saturated carbocycles. The molecule has 2 aromatic rings. The summed E-state index contributed by atoms with van der Waals surface area (Å²) < 4.78 is 18.3. The van der Waals surface area contributed by atoms with Crippen LogP contribution in [0.25, 0.3) is 0 Å². The molecule has 1 N–H and O–H groups in total. The monoisotopic (exact) mass is 562 g/mol. The second-order valence-electron chi connectivity index (χ2n) is 12.8. The molecule has 4 heterocycles. The van der Waals surface area contributed by atoms with Gasteiger partial charge in [0.1, 0.15) is 12.2 Å². The standard InChI is InChI=1S/C32H38N2O7/c1-18-14-20-8-9-25(32(2,3)4)34-27(20)22(15-18)28(21-6-5-7-23-29(21)40-17-39-23)41-24(30(34)36)16-26(35)33-12-10-19(11-13-33)31(37)38/h5-7,14-15,19,24-25,28H,8-13,16-17H2,1-4H3,(H,37,38)/t24-,25+,28-/m1/s1. The Morgan fingerprint density at radius 2 is 1.80 bits per heavy atom. The van der Waals surface area contributed by atoms with Crippen LogP contribution >= 0.6 is 0 Å². The average molecular weight is 563 g/mol. The van der Waals surface area contributed by atoms with Gasteiger partial charge in [-0.1, -0.05) is 50.6 Å². The van der Waals surface area contributed by atoms with E-state index in [0.29, 0.717) is 37.4 Å². The third kappa shape index (κ3) is 4.94. The molecule has 4 aliphatic rings. The third-order valence-corrected chi connectivity index (χ3v) is 8.96. The molecule has 0 aliphatic carbocycles. The number of piperidine rings is 1. The average Bonchev–Trinajstić information content (AvgIpc) is 3.38. The van der Waals surface area contributed by atoms with Crippen LogP contribution in [0.5, 0.6) is 11.5 Å². The van der Waals surface area contributed by atoms with Crippen LogP contribution < -0.4 is 14.4 Å². The van der Waals surface area contributed by atoms with E-state index in [1.807, 2.05) is 23.1 Å². The lowest BCUT2D eigenvalue weighted by atomic mass is 9.77. The van der Waals surface area contributed by atoms with E-state index in [2.05, 4.69) is 39.8 Å². The van der Waals surface area contributed by atoms with Crippen LogP contribution in [0.3, 0.4) is 0 Å². The molecule has 9 nitrogen and oxygen atoms in total. The summed E-state index contributed by atoms with van der Waals surface area (Å²) in [6, 6.07) is 9.85. The minimum atomic E-state index is -1.02. The van der Waals surface area contributed by atoms with Crippen molar-refractivity contribution < 1.29 is 33.7 Å². The smallest absolute Gasteiger partial charge is 0.306 e. The van der Waals surface area contributed by atoms with E-state index in [4.69, 9.17) is 14.2 Å². The first-order chi connectivity index (χ1) is 19.5. The van der Waals surface area contributed by atoms with Crippen LogP contribution in [0, 0.1) is 18.3 Å². The number of para-hydroxylation sites is 1. The Hall–Kier alpha value is -3.59. The fraction of sp³-hybridized carbons (Fsp3) is 0.531. The second-order valence-corrected chi connectivity index (χ2v) is 12.8. The van der Waals surface area contributed by atoms with Crippen molar-refractivity contribution in [2.75, 3.05) is 24.8 Å². The largest absolute Gasteiger partial charge is 0.481 e. The number of rotatable bonds is 4. The van der Waals surface area contributed by atoms with Crippen LogP contribution in [-0.4, -0.2) is 59.8 Å². The maximum absolute atomic E-state index is 14.5. The van der Waals surface area contributed by atoms with Crippen molar-refractivity contribution in [2.24, 2.45) is 11.3 Å². The van der Waals surface area contributed by atoms with E-state index >= 15 is 0 Å². The fourth-order valence-corrected chi connectivity index (χ4v) is 6.88. The molecule has 0 radical (unpaired) electrons. The molecule has 0 bridgehead atoms. The Bertz CT molecular complexity index is 1390. The Labute approximate surface area is 240 Å². The van der Waals surface area contributed by atoms with Gasteiger partial charge >= 0.3 is 5.97 Å². The molecule has 4 aliphatic heterocycles. The van der Waals surface area contributed by atoms with Crippen molar-refractivity contribution in [3.05, 3.63) is 52.6 Å². The van der Waals surface area contributed by atoms with Crippen molar-refractivity contribution in [2.45, 2.75) is 78.0 Å². The molecule has 6 rings (SSSR count). The van der Waals surface area contributed by atoms with Crippen LogP contribution in [0.1, 0.15) is 74.8 Å². The molecule has 0 unspecified atom stereocenters. The highest BCUT2D eigenvalue weighted by atomic mass is 16.7. The highest BCUT2D eigenvalue weighted by Crippen LogP contribution is 2.50. The van der Waals surface area contributed by atoms with Gasteiger partial charge in [-0.25, -0.2) is 0 Å². The molecule has 1 saturated heterocycles. The van der Waals surface area contributed by atoms with E-state index in [0.717, 1.165) is 40.8 Å². The van der Waals surface area contributed by atoms with Gasteiger partial charge in [0.15, 0.2) is 11.5 Å². The van der Waals surface area contributed by atoms with Gasteiger partial charge in [-0.3, -0.25) is 14.4 Å². The molecule has 2 amide bonds. The van der Waals surface area contributed by atoms with E-state index in [9.17, 15) is 19.5 Å². The first kappa shape index (κ1) is 27.6. The molecule has 2 aromatic carbocycles. The van der Waals surface area contributed by atoms with Crippen LogP contribution in [0.4, 0.5) is 5.69 Å². The predicted molar refractivity (Wildman–Crippen MR) is 151 cm³/mol. The normalized spacial score (nSPS) is 24.2. The summed E-state index contributed by atoms with van der Waals surface area (Å²) in [5.41, 5.74) is 4.52. The number of ether oxygens (including phenoxy) is 3. The molecular weight excluding hydrogens is 524 g/mol. The van der Waals surface area contributed by atoms with Gasteiger partial charge < -0.3 is 29.1 Å².